The normalized spacial score (nSPS) is 10.8. The van der Waals surface area contributed by atoms with E-state index in [-0.39, 0.29) is 5.56 Å². The van der Waals surface area contributed by atoms with E-state index in [0.29, 0.717) is 5.92 Å². The number of halogens is 1. The molecule has 0 fully saturated rings. The van der Waals surface area contributed by atoms with Gasteiger partial charge in [0.1, 0.15) is 0 Å². The van der Waals surface area contributed by atoms with Crippen LogP contribution >= 0.6 is 22.6 Å². The summed E-state index contributed by atoms with van der Waals surface area (Å²) in [6.45, 7) is 4.07. The van der Waals surface area contributed by atoms with Crippen molar-refractivity contribution in [3.8, 4) is 0 Å². The lowest BCUT2D eigenvalue weighted by atomic mass is 10.1. The minimum absolute atomic E-state index is 0.116. The molecule has 0 amide bonds. The smallest absolute Gasteiger partial charge is 0.253 e. The van der Waals surface area contributed by atoms with E-state index in [1.54, 1.807) is 11.6 Å². The van der Waals surface area contributed by atoms with Gasteiger partial charge in [0, 0.05) is 22.4 Å². The van der Waals surface area contributed by atoms with Gasteiger partial charge in [-0.15, -0.1) is 0 Å². The van der Waals surface area contributed by atoms with E-state index < -0.39 is 0 Å². The fraction of sp³-hybridized carbons (Fsp3) is 0.444. The van der Waals surface area contributed by atoms with Gasteiger partial charge in [-0.2, -0.15) is 0 Å². The summed E-state index contributed by atoms with van der Waals surface area (Å²) in [5, 5.41) is 0. The molecule has 1 heterocycles. The first-order valence-corrected chi connectivity index (χ1v) is 4.96. The van der Waals surface area contributed by atoms with Gasteiger partial charge < -0.3 is 4.57 Å². The van der Waals surface area contributed by atoms with E-state index >= 15 is 0 Å². The van der Waals surface area contributed by atoms with Crippen LogP contribution in [0, 0.1) is 3.57 Å². The van der Waals surface area contributed by atoms with Crippen LogP contribution in [-0.4, -0.2) is 4.57 Å². The van der Waals surface area contributed by atoms with Crippen molar-refractivity contribution in [2.75, 3.05) is 0 Å². The predicted octanol–water partition coefficient (Wildman–Crippen LogP) is 2.11. The molecule has 66 valence electrons. The van der Waals surface area contributed by atoms with Crippen molar-refractivity contribution in [3.63, 3.8) is 0 Å². The fourth-order valence-corrected chi connectivity index (χ4v) is 1.86. The van der Waals surface area contributed by atoms with Crippen molar-refractivity contribution in [2.24, 2.45) is 7.05 Å². The monoisotopic (exact) mass is 277 g/mol. The Hall–Kier alpha value is -0.320. The highest BCUT2D eigenvalue weighted by molar-refractivity contribution is 14.1. The first-order chi connectivity index (χ1) is 5.52. The van der Waals surface area contributed by atoms with Crippen molar-refractivity contribution in [1.82, 2.24) is 4.57 Å². The standard InChI is InChI=1S/C9H12INO/c1-6(2)8-4-7(10)5-11(3)9(8)12/h4-6H,1-3H3. The van der Waals surface area contributed by atoms with E-state index in [4.69, 9.17) is 0 Å². The van der Waals surface area contributed by atoms with Crippen LogP contribution < -0.4 is 5.56 Å². The number of nitrogens with zero attached hydrogens (tertiary/aromatic N) is 1. The highest BCUT2D eigenvalue weighted by atomic mass is 127. The maximum atomic E-state index is 11.5. The first kappa shape index (κ1) is 9.77. The largest absolute Gasteiger partial charge is 0.317 e. The Morgan fingerprint density at radius 3 is 2.58 bits per heavy atom. The maximum absolute atomic E-state index is 11.5. The quantitative estimate of drug-likeness (QED) is 0.721. The van der Waals surface area contributed by atoms with Crippen molar-refractivity contribution in [2.45, 2.75) is 19.8 Å². The lowest BCUT2D eigenvalue weighted by molar-refractivity contribution is 0.776. The Bertz CT molecular complexity index is 341. The molecule has 0 aromatic carbocycles. The molecule has 0 aliphatic carbocycles. The topological polar surface area (TPSA) is 22.0 Å². The molecule has 0 spiro atoms. The number of aryl methyl sites for hydroxylation is 1. The van der Waals surface area contributed by atoms with Crippen LogP contribution in [0.25, 0.3) is 0 Å². The Balaban J connectivity index is 3.38. The lowest BCUT2D eigenvalue weighted by Crippen LogP contribution is -2.21. The number of hydrogen-bond acceptors (Lipinski definition) is 1. The SMILES string of the molecule is CC(C)c1cc(I)cn(C)c1=O. The van der Waals surface area contributed by atoms with Gasteiger partial charge in [0.15, 0.2) is 0 Å². The van der Waals surface area contributed by atoms with E-state index in [1.807, 2.05) is 26.1 Å². The van der Waals surface area contributed by atoms with Crippen LogP contribution in [0.1, 0.15) is 25.3 Å². The number of aromatic nitrogens is 1. The highest BCUT2D eigenvalue weighted by Gasteiger charge is 2.06. The van der Waals surface area contributed by atoms with Gasteiger partial charge in [-0.1, -0.05) is 13.8 Å². The summed E-state index contributed by atoms with van der Waals surface area (Å²) in [6, 6.07) is 1.95. The second-order valence-corrected chi connectivity index (χ2v) is 4.43. The summed E-state index contributed by atoms with van der Waals surface area (Å²) in [4.78, 5) is 11.5. The number of pyridine rings is 1. The van der Waals surface area contributed by atoms with Crippen LogP contribution in [0.5, 0.6) is 0 Å². The average Bonchev–Trinajstić information content (AvgIpc) is 1.96. The molecule has 1 aromatic rings. The van der Waals surface area contributed by atoms with Gasteiger partial charge in [0.05, 0.1) is 0 Å². The van der Waals surface area contributed by atoms with E-state index in [0.717, 1.165) is 9.13 Å². The van der Waals surface area contributed by atoms with E-state index in [1.165, 1.54) is 0 Å². The number of rotatable bonds is 1. The van der Waals surface area contributed by atoms with Gasteiger partial charge in [-0.25, -0.2) is 0 Å². The molecule has 0 unspecified atom stereocenters. The maximum Gasteiger partial charge on any atom is 0.253 e. The molecule has 0 saturated heterocycles. The van der Waals surface area contributed by atoms with Gasteiger partial charge >= 0.3 is 0 Å². The van der Waals surface area contributed by atoms with Crippen LogP contribution in [0.2, 0.25) is 0 Å². The summed E-state index contributed by atoms with van der Waals surface area (Å²) >= 11 is 2.22. The van der Waals surface area contributed by atoms with Crippen LogP contribution in [0.4, 0.5) is 0 Å². The van der Waals surface area contributed by atoms with Crippen LogP contribution in [0.15, 0.2) is 17.1 Å². The molecule has 0 aliphatic heterocycles. The molecular weight excluding hydrogens is 265 g/mol. The van der Waals surface area contributed by atoms with Gasteiger partial charge in [-0.05, 0) is 34.6 Å². The molecule has 12 heavy (non-hydrogen) atoms. The predicted molar refractivity (Wildman–Crippen MR) is 58.5 cm³/mol. The summed E-state index contributed by atoms with van der Waals surface area (Å²) in [5.41, 5.74) is 1.01. The minimum atomic E-state index is 0.116. The molecular formula is C9H12INO. The van der Waals surface area contributed by atoms with E-state index in [9.17, 15) is 4.79 Å². The molecule has 0 N–H and O–H groups in total. The highest BCUT2D eigenvalue weighted by Crippen LogP contribution is 2.12. The second kappa shape index (κ2) is 3.60. The van der Waals surface area contributed by atoms with Crippen LogP contribution in [0.3, 0.4) is 0 Å². The third kappa shape index (κ3) is 1.88. The van der Waals surface area contributed by atoms with Crippen molar-refractivity contribution < 1.29 is 0 Å². The summed E-state index contributed by atoms with van der Waals surface area (Å²) in [6.07, 6.45) is 1.84. The van der Waals surface area contributed by atoms with Gasteiger partial charge in [-0.3, -0.25) is 4.79 Å². The number of hydrogen-bond donors (Lipinski definition) is 0. The van der Waals surface area contributed by atoms with Crippen molar-refractivity contribution in [3.05, 3.63) is 31.8 Å². The fourth-order valence-electron chi connectivity index (χ4n) is 1.11. The van der Waals surface area contributed by atoms with Crippen molar-refractivity contribution in [1.29, 1.82) is 0 Å². The zero-order valence-electron chi connectivity index (χ0n) is 7.47. The Morgan fingerprint density at radius 2 is 2.08 bits per heavy atom. The lowest BCUT2D eigenvalue weighted by Gasteiger charge is -2.07. The Labute approximate surface area is 85.7 Å². The minimum Gasteiger partial charge on any atom is -0.317 e. The van der Waals surface area contributed by atoms with E-state index in [2.05, 4.69) is 22.6 Å². The second-order valence-electron chi connectivity index (χ2n) is 3.18. The third-order valence-electron chi connectivity index (χ3n) is 1.80. The van der Waals surface area contributed by atoms with Gasteiger partial charge in [0.2, 0.25) is 0 Å². The molecule has 1 rings (SSSR count). The van der Waals surface area contributed by atoms with Crippen molar-refractivity contribution >= 4 is 22.6 Å². The molecule has 3 heteroatoms. The first-order valence-electron chi connectivity index (χ1n) is 3.88. The Kier molecular flexibility index (Phi) is 2.93. The molecule has 0 atom stereocenters. The third-order valence-corrected chi connectivity index (χ3v) is 2.39. The summed E-state index contributed by atoms with van der Waals surface area (Å²) < 4.78 is 2.75. The molecule has 2 nitrogen and oxygen atoms in total. The zero-order valence-corrected chi connectivity index (χ0v) is 9.62. The molecule has 0 saturated carbocycles. The summed E-state index contributed by atoms with van der Waals surface area (Å²) in [7, 11) is 1.79. The summed E-state index contributed by atoms with van der Waals surface area (Å²) in [5.74, 6) is 0.304. The molecule has 0 bridgehead atoms. The Morgan fingerprint density at radius 1 is 1.50 bits per heavy atom. The van der Waals surface area contributed by atoms with Crippen LogP contribution in [-0.2, 0) is 7.05 Å². The van der Waals surface area contributed by atoms with Gasteiger partial charge in [0.25, 0.3) is 5.56 Å². The molecule has 1 aromatic heterocycles. The molecule has 0 radical (unpaired) electrons. The average molecular weight is 277 g/mol. The zero-order chi connectivity index (χ0) is 9.30. The molecule has 0 aliphatic rings.